The molecule has 3 amide bonds. The van der Waals surface area contributed by atoms with Crippen LogP contribution >= 0.6 is 0 Å². The first-order valence-corrected chi connectivity index (χ1v) is 21.9. The van der Waals surface area contributed by atoms with E-state index in [1.165, 1.54) is 5.56 Å². The lowest BCUT2D eigenvalue weighted by Gasteiger charge is -2.46. The largest absolute Gasteiger partial charge is 0.489 e. The van der Waals surface area contributed by atoms with E-state index in [1.54, 1.807) is 4.90 Å². The highest BCUT2D eigenvalue weighted by atomic mass is 19.3. The van der Waals surface area contributed by atoms with Crippen LogP contribution in [0.1, 0.15) is 77.8 Å². The number of fused-ring (bicyclic) bond motifs is 8. The minimum absolute atomic E-state index is 0.0690. The monoisotopic (exact) mass is 835 g/mol. The van der Waals surface area contributed by atoms with Crippen LogP contribution in [-0.2, 0) is 27.3 Å². The van der Waals surface area contributed by atoms with Gasteiger partial charge in [0.15, 0.2) is 0 Å². The third kappa shape index (κ3) is 6.72. The molecular formula is C45H51F2N9O5. The number of piperidine rings is 2. The molecular weight excluding hydrogens is 785 g/mol. The molecule has 14 nitrogen and oxygen atoms in total. The van der Waals surface area contributed by atoms with Gasteiger partial charge in [-0.1, -0.05) is 18.2 Å². The van der Waals surface area contributed by atoms with Crippen LogP contribution in [-0.4, -0.2) is 137 Å². The summed E-state index contributed by atoms with van der Waals surface area (Å²) >= 11 is 0. The van der Waals surface area contributed by atoms with Crippen molar-refractivity contribution in [2.45, 2.75) is 88.2 Å². The maximum atomic E-state index is 13.9. The van der Waals surface area contributed by atoms with Crippen LogP contribution in [0.4, 0.5) is 20.4 Å². The highest BCUT2D eigenvalue weighted by molar-refractivity contribution is 6.06. The van der Waals surface area contributed by atoms with Gasteiger partial charge in [-0.3, -0.25) is 29.5 Å². The fourth-order valence-electron chi connectivity index (χ4n) is 11.5. The Morgan fingerprint density at radius 3 is 2.59 bits per heavy atom. The molecule has 1 spiro atoms. The first-order valence-electron chi connectivity index (χ1n) is 21.9. The molecule has 0 saturated carbocycles. The second kappa shape index (κ2) is 15.0. The number of amides is 3. The predicted molar refractivity (Wildman–Crippen MR) is 222 cm³/mol. The number of ether oxygens (including phenoxy) is 2. The Morgan fingerprint density at radius 2 is 1.79 bits per heavy atom. The molecule has 0 aliphatic carbocycles. The van der Waals surface area contributed by atoms with E-state index in [0.717, 1.165) is 104 Å². The molecule has 2 aromatic heterocycles. The van der Waals surface area contributed by atoms with Gasteiger partial charge in [0.1, 0.15) is 18.4 Å². The van der Waals surface area contributed by atoms with Gasteiger partial charge in [0, 0.05) is 97.4 Å². The first kappa shape index (κ1) is 38.7. The first-order chi connectivity index (χ1) is 29.6. The average molecular weight is 836 g/mol. The number of nitrogens with zero attached hydrogens (tertiary/aromatic N) is 7. The SMILES string of the molecule is C[C@@H]1Cc2c([nH]c3ccccc23)[C@@H](c2cnc(N3CCC4(CC3)C[C@H](CN3CCN5c6ccc7c(c6OC[C@H]5C3)CN([C@H]3CCC(=O)NC3=O)C7=O)CO4)nc2)N1CC(F)F. The Bertz CT molecular complexity index is 2390. The van der Waals surface area contributed by atoms with Gasteiger partial charge in [-0.2, -0.15) is 0 Å². The van der Waals surface area contributed by atoms with Crippen LogP contribution in [0.15, 0.2) is 48.8 Å². The maximum Gasteiger partial charge on any atom is 0.255 e. The molecule has 320 valence electrons. The molecule has 0 radical (unpaired) electrons. The molecule has 0 bridgehead atoms. The predicted octanol–water partition coefficient (Wildman–Crippen LogP) is 4.28. The summed E-state index contributed by atoms with van der Waals surface area (Å²) in [6, 6.07) is 11.1. The van der Waals surface area contributed by atoms with E-state index in [4.69, 9.17) is 19.4 Å². The van der Waals surface area contributed by atoms with E-state index in [0.29, 0.717) is 43.4 Å². The molecule has 4 saturated heterocycles. The number of para-hydroxylation sites is 1. The third-order valence-corrected chi connectivity index (χ3v) is 14.5. The number of aromatic amines is 1. The Kier molecular flexibility index (Phi) is 9.53. The summed E-state index contributed by atoms with van der Waals surface area (Å²) in [5.41, 5.74) is 6.20. The minimum atomic E-state index is -2.45. The van der Waals surface area contributed by atoms with Crippen LogP contribution in [0, 0.1) is 5.92 Å². The Labute approximate surface area is 352 Å². The van der Waals surface area contributed by atoms with Crippen molar-refractivity contribution < 1.29 is 32.6 Å². The van der Waals surface area contributed by atoms with Gasteiger partial charge in [0.05, 0.1) is 43.1 Å². The van der Waals surface area contributed by atoms with Gasteiger partial charge in [-0.05, 0) is 68.7 Å². The van der Waals surface area contributed by atoms with E-state index in [1.807, 2.05) is 54.5 Å². The fraction of sp³-hybridized carbons (Fsp3) is 0.533. The van der Waals surface area contributed by atoms with E-state index < -0.39 is 18.4 Å². The van der Waals surface area contributed by atoms with Gasteiger partial charge in [-0.15, -0.1) is 0 Å². The molecule has 9 heterocycles. The lowest BCUT2D eigenvalue weighted by Crippen LogP contribution is -2.58. The van der Waals surface area contributed by atoms with Crippen molar-refractivity contribution in [1.82, 2.24) is 35.0 Å². The number of aromatic nitrogens is 3. The Balaban J connectivity index is 0.703. The molecule has 2 N–H and O–H groups in total. The number of nitrogens with one attached hydrogen (secondary N) is 2. The summed E-state index contributed by atoms with van der Waals surface area (Å²) in [6.45, 7) is 8.45. The van der Waals surface area contributed by atoms with Crippen molar-refractivity contribution in [2.75, 3.05) is 68.8 Å². The topological polar surface area (TPSA) is 139 Å². The van der Waals surface area contributed by atoms with Crippen molar-refractivity contribution in [3.63, 3.8) is 0 Å². The molecule has 4 aromatic rings. The van der Waals surface area contributed by atoms with Crippen LogP contribution in [0.3, 0.4) is 0 Å². The number of halogens is 2. The van der Waals surface area contributed by atoms with E-state index >= 15 is 0 Å². The van der Waals surface area contributed by atoms with Crippen LogP contribution in [0.2, 0.25) is 0 Å². The van der Waals surface area contributed by atoms with Gasteiger partial charge in [-0.25, -0.2) is 18.7 Å². The molecule has 0 unspecified atom stereocenters. The summed E-state index contributed by atoms with van der Waals surface area (Å²) in [5.74, 6) is 0.930. The lowest BCUT2D eigenvalue weighted by molar-refractivity contribution is -0.136. The van der Waals surface area contributed by atoms with Gasteiger partial charge in [0.2, 0.25) is 17.8 Å². The van der Waals surface area contributed by atoms with Crippen molar-refractivity contribution >= 4 is 40.3 Å². The van der Waals surface area contributed by atoms with E-state index in [2.05, 4.69) is 31.1 Å². The smallest absolute Gasteiger partial charge is 0.255 e. The van der Waals surface area contributed by atoms with Gasteiger partial charge >= 0.3 is 0 Å². The summed E-state index contributed by atoms with van der Waals surface area (Å²) in [4.78, 5) is 61.6. The van der Waals surface area contributed by atoms with Crippen molar-refractivity contribution in [1.29, 1.82) is 0 Å². The molecule has 5 atom stereocenters. The number of H-pyrrole nitrogens is 1. The maximum absolute atomic E-state index is 13.9. The lowest BCUT2D eigenvalue weighted by atomic mass is 9.85. The second-order valence-corrected chi connectivity index (χ2v) is 18.2. The third-order valence-electron chi connectivity index (χ3n) is 14.5. The zero-order chi connectivity index (χ0) is 41.6. The van der Waals surface area contributed by atoms with Gasteiger partial charge < -0.3 is 29.2 Å². The molecule has 7 aliphatic heterocycles. The highest BCUT2D eigenvalue weighted by Gasteiger charge is 2.46. The number of imide groups is 1. The number of rotatable bonds is 7. The number of hydrogen-bond donors (Lipinski definition) is 2. The summed E-state index contributed by atoms with van der Waals surface area (Å²) in [6.07, 6.45) is 5.25. The van der Waals surface area contributed by atoms with Crippen molar-refractivity contribution in [2.24, 2.45) is 5.92 Å². The number of hydrogen-bond acceptors (Lipinski definition) is 11. The summed E-state index contributed by atoms with van der Waals surface area (Å²) in [7, 11) is 0. The summed E-state index contributed by atoms with van der Waals surface area (Å²) < 4.78 is 40.9. The zero-order valence-electron chi connectivity index (χ0n) is 34.3. The number of anilines is 2. The second-order valence-electron chi connectivity index (χ2n) is 18.2. The standard InChI is InChI=1S/C45H51F2N9O5/c1-26-16-32-30-4-2-3-5-34(30)50-39(32)40(55(26)23-37(46)47)28-18-48-44(49-19-28)53-12-10-45(11-13-53)17-27(24-61-45)20-52-14-15-54-29(21-52)25-60-41-33-22-56(36-8-9-38(57)51-42(36)58)43(59)31(33)6-7-35(41)54/h2-7,18-19,26-27,29,36-37,40,50H,8-17,20-25H2,1H3,(H,51,57,58)/t26-,27-,29-,36+,40-/m1/s1. The van der Waals surface area contributed by atoms with Gasteiger partial charge in [0.25, 0.3) is 12.3 Å². The zero-order valence-corrected chi connectivity index (χ0v) is 34.3. The average Bonchev–Trinajstić information content (AvgIpc) is 3.93. The van der Waals surface area contributed by atoms with E-state index in [9.17, 15) is 23.2 Å². The van der Waals surface area contributed by atoms with Crippen LogP contribution in [0.5, 0.6) is 5.75 Å². The molecule has 61 heavy (non-hydrogen) atoms. The number of benzene rings is 2. The number of carbonyl (C=O) groups is 3. The molecule has 7 aliphatic rings. The summed E-state index contributed by atoms with van der Waals surface area (Å²) in [5, 5.41) is 3.52. The Hall–Kier alpha value is -5.19. The number of piperazine rings is 1. The fourth-order valence-corrected chi connectivity index (χ4v) is 11.5. The minimum Gasteiger partial charge on any atom is -0.489 e. The van der Waals surface area contributed by atoms with Crippen LogP contribution in [0.25, 0.3) is 10.9 Å². The molecule has 4 fully saturated rings. The number of alkyl halides is 2. The Morgan fingerprint density at radius 1 is 0.967 bits per heavy atom. The number of carbonyl (C=O) groups excluding carboxylic acids is 3. The van der Waals surface area contributed by atoms with Crippen LogP contribution < -0.4 is 19.9 Å². The van der Waals surface area contributed by atoms with Crippen molar-refractivity contribution in [3.05, 3.63) is 76.7 Å². The normalized spacial score (nSPS) is 27.6. The van der Waals surface area contributed by atoms with E-state index in [-0.39, 0.29) is 48.5 Å². The van der Waals surface area contributed by atoms with Crippen molar-refractivity contribution in [3.8, 4) is 5.75 Å². The molecule has 16 heteroatoms. The molecule has 2 aromatic carbocycles. The molecule has 11 rings (SSSR count). The quantitative estimate of drug-likeness (QED) is 0.258. The highest BCUT2D eigenvalue weighted by Crippen LogP contribution is 2.45.